The summed E-state index contributed by atoms with van der Waals surface area (Å²) in [5.74, 6) is 1.28. The van der Waals surface area contributed by atoms with Crippen molar-refractivity contribution < 1.29 is 9.32 Å². The van der Waals surface area contributed by atoms with E-state index in [0.29, 0.717) is 17.4 Å². The van der Waals surface area contributed by atoms with Crippen molar-refractivity contribution in [2.24, 2.45) is 0 Å². The Morgan fingerprint density at radius 1 is 1.44 bits per heavy atom. The van der Waals surface area contributed by atoms with Crippen molar-refractivity contribution in [3.05, 3.63) is 52.2 Å². The zero-order chi connectivity index (χ0) is 17.2. The van der Waals surface area contributed by atoms with E-state index in [0.717, 1.165) is 36.4 Å². The van der Waals surface area contributed by atoms with E-state index in [1.807, 2.05) is 24.3 Å². The number of pyridine rings is 1. The molecule has 3 aromatic heterocycles. The van der Waals surface area contributed by atoms with Gasteiger partial charge in [0.1, 0.15) is 5.69 Å². The van der Waals surface area contributed by atoms with Crippen LogP contribution in [0.5, 0.6) is 0 Å². The van der Waals surface area contributed by atoms with Gasteiger partial charge in [-0.2, -0.15) is 4.98 Å². The minimum Gasteiger partial charge on any atom is -0.337 e. The zero-order valence-corrected chi connectivity index (χ0v) is 14.7. The van der Waals surface area contributed by atoms with Crippen molar-refractivity contribution in [1.82, 2.24) is 20.0 Å². The van der Waals surface area contributed by atoms with E-state index in [2.05, 4.69) is 25.4 Å². The number of hydrogen-bond acceptors (Lipinski definition) is 7. The number of carbonyl (C=O) groups is 1. The average Bonchev–Trinajstić information content (AvgIpc) is 3.36. The van der Waals surface area contributed by atoms with E-state index < -0.39 is 0 Å². The first-order valence-electron chi connectivity index (χ1n) is 8.28. The van der Waals surface area contributed by atoms with Crippen molar-refractivity contribution in [2.75, 3.05) is 6.54 Å². The summed E-state index contributed by atoms with van der Waals surface area (Å²) in [6, 6.07) is 7.74. The number of nitrogens with zero attached hydrogens (tertiary/aromatic N) is 4. The monoisotopic (exact) mass is 354 g/mol. The average molecular weight is 354 g/mol. The molecular formula is C18H18N4O2S. The molecule has 1 saturated heterocycles. The van der Waals surface area contributed by atoms with Crippen LogP contribution in [0.2, 0.25) is 0 Å². The SMILES string of the molecule is CC(=O)c1cc(CN2CCC[C@H]2c2nc(-c3ccccn3)no2)cs1. The molecule has 6 nitrogen and oxygen atoms in total. The molecule has 3 aromatic rings. The summed E-state index contributed by atoms with van der Waals surface area (Å²) in [5, 5.41) is 6.14. The molecule has 1 aliphatic heterocycles. The van der Waals surface area contributed by atoms with Crippen molar-refractivity contribution in [3.63, 3.8) is 0 Å². The molecule has 0 aromatic carbocycles. The van der Waals surface area contributed by atoms with Crippen LogP contribution < -0.4 is 0 Å². The van der Waals surface area contributed by atoms with Crippen molar-refractivity contribution >= 4 is 17.1 Å². The second kappa shape index (κ2) is 6.85. The van der Waals surface area contributed by atoms with Gasteiger partial charge < -0.3 is 4.52 Å². The van der Waals surface area contributed by atoms with Crippen LogP contribution in [-0.2, 0) is 6.54 Å². The fourth-order valence-electron chi connectivity index (χ4n) is 3.14. The minimum absolute atomic E-state index is 0.116. The maximum Gasteiger partial charge on any atom is 0.244 e. The van der Waals surface area contributed by atoms with E-state index >= 15 is 0 Å². The summed E-state index contributed by atoms with van der Waals surface area (Å²) in [5.41, 5.74) is 1.87. The van der Waals surface area contributed by atoms with Crippen LogP contribution in [0.15, 0.2) is 40.4 Å². The van der Waals surface area contributed by atoms with Crippen LogP contribution in [0, 0.1) is 0 Å². The number of thiophene rings is 1. The number of ketones is 1. The smallest absolute Gasteiger partial charge is 0.244 e. The summed E-state index contributed by atoms with van der Waals surface area (Å²) >= 11 is 1.50. The van der Waals surface area contributed by atoms with Crippen LogP contribution in [0.4, 0.5) is 0 Å². The number of likely N-dealkylation sites (tertiary alicyclic amines) is 1. The molecule has 0 spiro atoms. The topological polar surface area (TPSA) is 72.1 Å². The predicted molar refractivity (Wildman–Crippen MR) is 94.2 cm³/mol. The molecule has 1 aliphatic rings. The summed E-state index contributed by atoms with van der Waals surface area (Å²) in [4.78, 5) is 23.4. The lowest BCUT2D eigenvalue weighted by Crippen LogP contribution is -2.22. The quantitative estimate of drug-likeness (QED) is 0.650. The van der Waals surface area contributed by atoms with E-state index in [1.54, 1.807) is 13.1 Å². The molecule has 1 fully saturated rings. The van der Waals surface area contributed by atoms with Gasteiger partial charge in [0.15, 0.2) is 5.78 Å². The van der Waals surface area contributed by atoms with Gasteiger partial charge in [0.25, 0.3) is 0 Å². The summed E-state index contributed by atoms with van der Waals surface area (Å²) < 4.78 is 5.52. The zero-order valence-electron chi connectivity index (χ0n) is 13.9. The molecule has 0 aliphatic carbocycles. The van der Waals surface area contributed by atoms with Gasteiger partial charge in [-0.25, -0.2) is 0 Å². The van der Waals surface area contributed by atoms with E-state index in [-0.39, 0.29) is 11.8 Å². The number of aromatic nitrogens is 3. The van der Waals surface area contributed by atoms with Gasteiger partial charge in [-0.05, 0) is 55.5 Å². The Kier molecular flexibility index (Phi) is 4.42. The van der Waals surface area contributed by atoms with E-state index in [4.69, 9.17) is 4.52 Å². The lowest BCUT2D eigenvalue weighted by Gasteiger charge is -2.20. The summed E-state index contributed by atoms with van der Waals surface area (Å²) in [6.07, 6.45) is 3.81. The van der Waals surface area contributed by atoms with Crippen LogP contribution >= 0.6 is 11.3 Å². The Morgan fingerprint density at radius 3 is 3.12 bits per heavy atom. The standard InChI is InChI=1S/C18H18N4O2S/c1-12(23)16-9-13(11-25-16)10-22-8-4-6-15(22)18-20-17(21-24-18)14-5-2-3-7-19-14/h2-3,5,7,9,11,15H,4,6,8,10H2,1H3/t15-/m0/s1. The van der Waals surface area contributed by atoms with Gasteiger partial charge in [0.2, 0.25) is 11.7 Å². The Bertz CT molecular complexity index is 874. The molecule has 4 heterocycles. The van der Waals surface area contributed by atoms with Gasteiger partial charge in [-0.1, -0.05) is 11.2 Å². The Hall–Kier alpha value is -2.38. The van der Waals surface area contributed by atoms with E-state index in [1.165, 1.54) is 11.3 Å². The minimum atomic E-state index is 0.116. The molecule has 0 amide bonds. The maximum atomic E-state index is 11.5. The number of carbonyl (C=O) groups excluding carboxylic acids is 1. The maximum absolute atomic E-state index is 11.5. The molecule has 0 unspecified atom stereocenters. The molecule has 7 heteroatoms. The fourth-order valence-corrected chi connectivity index (χ4v) is 3.95. The molecule has 0 bridgehead atoms. The first-order chi connectivity index (χ1) is 12.2. The van der Waals surface area contributed by atoms with Gasteiger partial charge in [0, 0.05) is 12.7 Å². The summed E-state index contributed by atoms with van der Waals surface area (Å²) in [7, 11) is 0. The van der Waals surface area contributed by atoms with Crippen LogP contribution in [0.25, 0.3) is 11.5 Å². The van der Waals surface area contributed by atoms with Crippen molar-refractivity contribution in [3.8, 4) is 11.5 Å². The van der Waals surface area contributed by atoms with Crippen LogP contribution in [0.3, 0.4) is 0 Å². The molecule has 25 heavy (non-hydrogen) atoms. The molecule has 0 N–H and O–H groups in total. The second-order valence-electron chi connectivity index (χ2n) is 6.18. The third-order valence-corrected chi connectivity index (χ3v) is 5.45. The molecular weight excluding hydrogens is 336 g/mol. The Labute approximate surface area is 149 Å². The third-order valence-electron chi connectivity index (χ3n) is 4.37. The van der Waals surface area contributed by atoms with Crippen LogP contribution in [-0.4, -0.2) is 32.4 Å². The highest BCUT2D eigenvalue weighted by atomic mass is 32.1. The summed E-state index contributed by atoms with van der Waals surface area (Å²) in [6.45, 7) is 3.37. The number of rotatable bonds is 5. The highest BCUT2D eigenvalue weighted by molar-refractivity contribution is 7.12. The Morgan fingerprint density at radius 2 is 2.36 bits per heavy atom. The normalized spacial score (nSPS) is 17.9. The number of Topliss-reactive ketones (excluding diaryl/α,β-unsaturated/α-hetero) is 1. The van der Waals surface area contributed by atoms with Crippen molar-refractivity contribution in [2.45, 2.75) is 32.4 Å². The molecule has 4 rings (SSSR count). The first kappa shape index (κ1) is 16.1. The molecule has 0 saturated carbocycles. The molecule has 128 valence electrons. The fraction of sp³-hybridized carbons (Fsp3) is 0.333. The first-order valence-corrected chi connectivity index (χ1v) is 9.16. The van der Waals surface area contributed by atoms with Gasteiger partial charge >= 0.3 is 0 Å². The Balaban J connectivity index is 1.51. The van der Waals surface area contributed by atoms with Gasteiger partial charge in [-0.3, -0.25) is 14.7 Å². The highest BCUT2D eigenvalue weighted by Crippen LogP contribution is 2.33. The van der Waals surface area contributed by atoms with E-state index in [9.17, 15) is 4.79 Å². The lowest BCUT2D eigenvalue weighted by atomic mass is 10.2. The van der Waals surface area contributed by atoms with Crippen LogP contribution in [0.1, 0.15) is 46.9 Å². The predicted octanol–water partition coefficient (Wildman–Crippen LogP) is 3.73. The van der Waals surface area contributed by atoms with Gasteiger partial charge in [0.05, 0.1) is 10.9 Å². The highest BCUT2D eigenvalue weighted by Gasteiger charge is 2.31. The van der Waals surface area contributed by atoms with Crippen molar-refractivity contribution in [1.29, 1.82) is 0 Å². The largest absolute Gasteiger partial charge is 0.337 e. The molecule has 1 atom stereocenters. The molecule has 0 radical (unpaired) electrons. The lowest BCUT2D eigenvalue weighted by molar-refractivity contribution is 0.102. The second-order valence-corrected chi connectivity index (χ2v) is 7.09. The van der Waals surface area contributed by atoms with Gasteiger partial charge in [-0.15, -0.1) is 11.3 Å². The number of hydrogen-bond donors (Lipinski definition) is 0. The third kappa shape index (κ3) is 3.38.